The van der Waals surface area contributed by atoms with Crippen LogP contribution < -0.4 is 5.32 Å². The van der Waals surface area contributed by atoms with Crippen molar-refractivity contribution in [3.8, 4) is 0 Å². The van der Waals surface area contributed by atoms with E-state index in [1.165, 1.54) is 0 Å². The number of aromatic nitrogens is 5. The Morgan fingerprint density at radius 1 is 1.33 bits per heavy atom. The number of aromatic amines is 1. The Hall–Kier alpha value is -3.00. The Labute approximate surface area is 137 Å². The van der Waals surface area contributed by atoms with Crippen molar-refractivity contribution in [2.45, 2.75) is 19.6 Å². The van der Waals surface area contributed by atoms with Crippen molar-refractivity contribution >= 4 is 11.9 Å². The van der Waals surface area contributed by atoms with Crippen molar-refractivity contribution in [2.24, 2.45) is 0 Å². The Balaban J connectivity index is 1.46. The first-order valence-corrected chi connectivity index (χ1v) is 7.68. The standard InChI is InChI=1S/C16H16N6O2/c23-15(14-12-9-24-7-6-13(12)19-20-14)18-16-17-10-22(21-16)8-11-4-2-1-3-5-11/h1-5,10H,6-9H2,(H,19,20)(H,18,21,23). The van der Waals surface area contributed by atoms with Crippen LogP contribution in [0.1, 0.15) is 27.3 Å². The van der Waals surface area contributed by atoms with Gasteiger partial charge < -0.3 is 4.74 Å². The van der Waals surface area contributed by atoms with Gasteiger partial charge in [-0.05, 0) is 5.56 Å². The van der Waals surface area contributed by atoms with E-state index in [0.717, 1.165) is 23.2 Å². The van der Waals surface area contributed by atoms with Crippen LogP contribution in [0.15, 0.2) is 36.7 Å². The summed E-state index contributed by atoms with van der Waals surface area (Å²) in [5.74, 6) is -0.0835. The summed E-state index contributed by atoms with van der Waals surface area (Å²) in [6.07, 6.45) is 2.32. The Kier molecular flexibility index (Phi) is 3.80. The van der Waals surface area contributed by atoms with E-state index in [1.807, 2.05) is 30.3 Å². The van der Waals surface area contributed by atoms with E-state index in [1.54, 1.807) is 11.0 Å². The lowest BCUT2D eigenvalue weighted by molar-refractivity contribution is 0.0984. The molecule has 0 saturated heterocycles. The number of nitrogens with one attached hydrogen (secondary N) is 2. The zero-order valence-corrected chi connectivity index (χ0v) is 12.9. The molecule has 2 aromatic heterocycles. The number of benzene rings is 1. The molecule has 0 spiro atoms. The Morgan fingerprint density at radius 3 is 3.08 bits per heavy atom. The number of rotatable bonds is 4. The molecule has 0 saturated carbocycles. The molecule has 0 radical (unpaired) electrons. The molecule has 24 heavy (non-hydrogen) atoms. The van der Waals surface area contributed by atoms with Crippen LogP contribution in [0.4, 0.5) is 5.95 Å². The van der Waals surface area contributed by atoms with Gasteiger partial charge in [-0.2, -0.15) is 5.10 Å². The average molecular weight is 324 g/mol. The molecule has 8 heteroatoms. The van der Waals surface area contributed by atoms with Gasteiger partial charge in [0.25, 0.3) is 5.91 Å². The first-order valence-electron chi connectivity index (χ1n) is 7.68. The van der Waals surface area contributed by atoms with Gasteiger partial charge in [0.2, 0.25) is 5.95 Å². The molecule has 0 fully saturated rings. The molecule has 1 aromatic carbocycles. The molecule has 0 bridgehead atoms. The van der Waals surface area contributed by atoms with Crippen LogP contribution in [0.5, 0.6) is 0 Å². The van der Waals surface area contributed by atoms with E-state index in [2.05, 4.69) is 25.6 Å². The predicted molar refractivity (Wildman–Crippen MR) is 85.5 cm³/mol. The molecule has 1 amide bonds. The maximum Gasteiger partial charge on any atom is 0.278 e. The minimum absolute atomic E-state index is 0.254. The highest BCUT2D eigenvalue weighted by Crippen LogP contribution is 2.18. The summed E-state index contributed by atoms with van der Waals surface area (Å²) in [4.78, 5) is 16.5. The number of ether oxygens (including phenoxy) is 1. The zero-order chi connectivity index (χ0) is 16.4. The fourth-order valence-corrected chi connectivity index (χ4v) is 2.66. The zero-order valence-electron chi connectivity index (χ0n) is 12.9. The van der Waals surface area contributed by atoms with Gasteiger partial charge in [-0.15, -0.1) is 5.10 Å². The van der Waals surface area contributed by atoms with Crippen LogP contribution in [0.2, 0.25) is 0 Å². The smallest absolute Gasteiger partial charge is 0.278 e. The number of hydrogen-bond acceptors (Lipinski definition) is 5. The molecular formula is C16H16N6O2. The maximum absolute atomic E-state index is 12.4. The summed E-state index contributed by atoms with van der Waals surface area (Å²) in [5.41, 5.74) is 3.21. The highest BCUT2D eigenvalue weighted by molar-refractivity contribution is 6.03. The summed E-state index contributed by atoms with van der Waals surface area (Å²) in [6, 6.07) is 9.92. The molecule has 2 N–H and O–H groups in total. The molecule has 3 heterocycles. The third kappa shape index (κ3) is 2.91. The quantitative estimate of drug-likeness (QED) is 0.755. The SMILES string of the molecule is O=C(Nc1ncn(Cc2ccccc2)n1)c1n[nH]c2c1COCC2. The van der Waals surface area contributed by atoms with Gasteiger partial charge in [0, 0.05) is 17.7 Å². The van der Waals surface area contributed by atoms with Crippen LogP contribution in [-0.4, -0.2) is 37.5 Å². The first kappa shape index (κ1) is 14.6. The lowest BCUT2D eigenvalue weighted by Crippen LogP contribution is -2.18. The van der Waals surface area contributed by atoms with Crippen LogP contribution in [0.25, 0.3) is 0 Å². The lowest BCUT2D eigenvalue weighted by Gasteiger charge is -2.11. The monoisotopic (exact) mass is 324 g/mol. The van der Waals surface area contributed by atoms with Gasteiger partial charge >= 0.3 is 0 Å². The summed E-state index contributed by atoms with van der Waals surface area (Å²) >= 11 is 0. The minimum atomic E-state index is -0.338. The highest BCUT2D eigenvalue weighted by Gasteiger charge is 2.22. The van der Waals surface area contributed by atoms with Gasteiger partial charge in [0.15, 0.2) is 5.69 Å². The largest absolute Gasteiger partial charge is 0.376 e. The van der Waals surface area contributed by atoms with Crippen molar-refractivity contribution in [3.05, 3.63) is 59.2 Å². The number of nitrogens with zero attached hydrogens (tertiary/aromatic N) is 4. The normalized spacial score (nSPS) is 13.5. The Morgan fingerprint density at radius 2 is 2.21 bits per heavy atom. The van der Waals surface area contributed by atoms with Crippen molar-refractivity contribution in [2.75, 3.05) is 11.9 Å². The highest BCUT2D eigenvalue weighted by atomic mass is 16.5. The van der Waals surface area contributed by atoms with Crippen molar-refractivity contribution < 1.29 is 9.53 Å². The van der Waals surface area contributed by atoms with E-state index >= 15 is 0 Å². The van der Waals surface area contributed by atoms with Crippen molar-refractivity contribution in [1.82, 2.24) is 25.0 Å². The number of anilines is 1. The molecule has 122 valence electrons. The molecule has 0 unspecified atom stereocenters. The molecule has 3 aromatic rings. The third-order valence-electron chi connectivity index (χ3n) is 3.86. The van der Waals surface area contributed by atoms with Gasteiger partial charge in [-0.25, -0.2) is 9.67 Å². The predicted octanol–water partition coefficient (Wildman–Crippen LogP) is 1.37. The molecule has 1 aliphatic heterocycles. The van der Waals surface area contributed by atoms with E-state index in [0.29, 0.717) is 25.5 Å². The van der Waals surface area contributed by atoms with Crippen LogP contribution in [-0.2, 0) is 24.3 Å². The second kappa shape index (κ2) is 6.25. The molecule has 8 nitrogen and oxygen atoms in total. The first-order chi connectivity index (χ1) is 11.8. The molecule has 0 aliphatic carbocycles. The molecule has 0 atom stereocenters. The lowest BCUT2D eigenvalue weighted by atomic mass is 10.1. The Bertz CT molecular complexity index is 855. The third-order valence-corrected chi connectivity index (χ3v) is 3.86. The maximum atomic E-state index is 12.4. The number of hydrogen-bond donors (Lipinski definition) is 2. The second-order valence-electron chi connectivity index (χ2n) is 5.54. The number of carbonyl (C=O) groups excluding carboxylic acids is 1. The fraction of sp³-hybridized carbons (Fsp3) is 0.250. The summed E-state index contributed by atoms with van der Waals surface area (Å²) in [6.45, 7) is 1.63. The van der Waals surface area contributed by atoms with Crippen LogP contribution in [0, 0.1) is 0 Å². The minimum Gasteiger partial charge on any atom is -0.376 e. The van der Waals surface area contributed by atoms with Gasteiger partial charge in [0.05, 0.1) is 19.8 Å². The number of H-pyrrole nitrogens is 1. The van der Waals surface area contributed by atoms with E-state index < -0.39 is 0 Å². The number of fused-ring (bicyclic) bond motifs is 1. The average Bonchev–Trinajstić information content (AvgIpc) is 3.22. The van der Waals surface area contributed by atoms with Crippen molar-refractivity contribution in [1.29, 1.82) is 0 Å². The fourth-order valence-electron chi connectivity index (χ4n) is 2.66. The number of carbonyl (C=O) groups is 1. The topological polar surface area (TPSA) is 97.7 Å². The molecular weight excluding hydrogens is 308 g/mol. The van der Waals surface area contributed by atoms with Gasteiger partial charge in [-0.1, -0.05) is 30.3 Å². The van der Waals surface area contributed by atoms with E-state index in [4.69, 9.17) is 4.74 Å². The molecule has 1 aliphatic rings. The van der Waals surface area contributed by atoms with E-state index in [9.17, 15) is 4.79 Å². The summed E-state index contributed by atoms with van der Waals surface area (Å²) in [5, 5.41) is 13.9. The summed E-state index contributed by atoms with van der Waals surface area (Å²) < 4.78 is 7.07. The van der Waals surface area contributed by atoms with Crippen LogP contribution in [0.3, 0.4) is 0 Å². The number of amides is 1. The van der Waals surface area contributed by atoms with Crippen LogP contribution >= 0.6 is 0 Å². The summed E-state index contributed by atoms with van der Waals surface area (Å²) in [7, 11) is 0. The van der Waals surface area contributed by atoms with Crippen molar-refractivity contribution in [3.63, 3.8) is 0 Å². The second-order valence-corrected chi connectivity index (χ2v) is 5.54. The van der Waals surface area contributed by atoms with E-state index in [-0.39, 0.29) is 11.9 Å². The van der Waals surface area contributed by atoms with Gasteiger partial charge in [-0.3, -0.25) is 15.2 Å². The van der Waals surface area contributed by atoms with Gasteiger partial charge in [0.1, 0.15) is 6.33 Å². The molecule has 4 rings (SSSR count).